The molecular weight excluding hydrogens is 290 g/mol. The van der Waals surface area contributed by atoms with E-state index in [1.807, 2.05) is 0 Å². The lowest BCUT2D eigenvalue weighted by atomic mass is 10.0. The van der Waals surface area contributed by atoms with Gasteiger partial charge in [0.1, 0.15) is 11.6 Å². The third kappa shape index (κ3) is 2.42. The maximum absolute atomic E-state index is 13.5. The van der Waals surface area contributed by atoms with Gasteiger partial charge in [-0.25, -0.2) is 8.78 Å². The van der Waals surface area contributed by atoms with Crippen LogP contribution < -0.4 is 0 Å². The van der Waals surface area contributed by atoms with Gasteiger partial charge in [-0.15, -0.1) is 0 Å². The number of carbonyl (C=O) groups excluding carboxylic acids is 1. The Morgan fingerprint density at radius 3 is 2.41 bits per heavy atom. The first kappa shape index (κ1) is 11.9. The molecule has 0 aliphatic rings. The molecule has 0 N–H and O–H groups in total. The number of carbonyl (C=O) groups is 1. The van der Waals surface area contributed by atoms with Crippen LogP contribution >= 0.6 is 15.9 Å². The Labute approximate surface area is 105 Å². The van der Waals surface area contributed by atoms with E-state index in [0.29, 0.717) is 4.47 Å². The molecule has 0 saturated carbocycles. The van der Waals surface area contributed by atoms with Crippen molar-refractivity contribution in [3.05, 3.63) is 69.7 Å². The standard InChI is InChI=1S/C13H7BrF2O/c14-10-5-2-6-11(16)12(10)13(17)8-3-1-4-9(15)7-8/h1-7H. The van der Waals surface area contributed by atoms with Gasteiger partial charge in [-0.2, -0.15) is 0 Å². The topological polar surface area (TPSA) is 17.1 Å². The second kappa shape index (κ2) is 4.75. The molecule has 4 heteroatoms. The summed E-state index contributed by atoms with van der Waals surface area (Å²) in [5, 5.41) is 0. The number of hydrogen-bond donors (Lipinski definition) is 0. The summed E-state index contributed by atoms with van der Waals surface area (Å²) in [7, 11) is 0. The summed E-state index contributed by atoms with van der Waals surface area (Å²) in [4.78, 5) is 12.0. The minimum Gasteiger partial charge on any atom is -0.288 e. The van der Waals surface area contributed by atoms with Gasteiger partial charge in [0.05, 0.1) is 5.56 Å². The van der Waals surface area contributed by atoms with Crippen molar-refractivity contribution in [3.63, 3.8) is 0 Å². The minimum absolute atomic E-state index is 0.0851. The van der Waals surface area contributed by atoms with Gasteiger partial charge >= 0.3 is 0 Å². The molecule has 0 unspecified atom stereocenters. The third-order valence-electron chi connectivity index (χ3n) is 2.28. The van der Waals surface area contributed by atoms with Gasteiger partial charge in [0.2, 0.25) is 0 Å². The number of ketones is 1. The number of benzene rings is 2. The van der Waals surface area contributed by atoms with E-state index in [9.17, 15) is 13.6 Å². The van der Waals surface area contributed by atoms with Gasteiger partial charge in [-0.3, -0.25) is 4.79 Å². The van der Waals surface area contributed by atoms with Crippen LogP contribution in [0, 0.1) is 11.6 Å². The molecule has 0 aromatic heterocycles. The first-order valence-electron chi connectivity index (χ1n) is 4.84. The molecule has 0 saturated heterocycles. The molecule has 0 fully saturated rings. The summed E-state index contributed by atoms with van der Waals surface area (Å²) in [6.07, 6.45) is 0. The van der Waals surface area contributed by atoms with Crippen LogP contribution in [0.4, 0.5) is 8.78 Å². The van der Waals surface area contributed by atoms with Crippen molar-refractivity contribution in [3.8, 4) is 0 Å². The SMILES string of the molecule is O=C(c1cccc(F)c1)c1c(F)cccc1Br. The molecule has 2 rings (SSSR count). The fourth-order valence-corrected chi connectivity index (χ4v) is 2.01. The van der Waals surface area contributed by atoms with Crippen molar-refractivity contribution >= 4 is 21.7 Å². The van der Waals surface area contributed by atoms with Crippen LogP contribution in [0.1, 0.15) is 15.9 Å². The Morgan fingerprint density at radius 2 is 1.76 bits per heavy atom. The molecule has 17 heavy (non-hydrogen) atoms. The molecule has 0 bridgehead atoms. The smallest absolute Gasteiger partial charge is 0.197 e. The highest BCUT2D eigenvalue weighted by atomic mass is 79.9. The van der Waals surface area contributed by atoms with E-state index in [-0.39, 0.29) is 11.1 Å². The molecule has 1 nitrogen and oxygen atoms in total. The maximum Gasteiger partial charge on any atom is 0.197 e. The first-order valence-corrected chi connectivity index (χ1v) is 5.63. The molecule has 0 aliphatic carbocycles. The second-order valence-corrected chi connectivity index (χ2v) is 4.29. The molecule has 0 radical (unpaired) electrons. The Hall–Kier alpha value is -1.55. The van der Waals surface area contributed by atoms with Crippen LogP contribution in [-0.2, 0) is 0 Å². The summed E-state index contributed by atoms with van der Waals surface area (Å²) in [6, 6.07) is 9.42. The van der Waals surface area contributed by atoms with E-state index in [4.69, 9.17) is 0 Å². The highest BCUT2D eigenvalue weighted by molar-refractivity contribution is 9.10. The van der Waals surface area contributed by atoms with Crippen LogP contribution in [0.25, 0.3) is 0 Å². The summed E-state index contributed by atoms with van der Waals surface area (Å²) in [6.45, 7) is 0. The molecule has 0 amide bonds. The van der Waals surface area contributed by atoms with Crippen molar-refractivity contribution in [2.24, 2.45) is 0 Å². The van der Waals surface area contributed by atoms with Crippen LogP contribution in [0.3, 0.4) is 0 Å². The fourth-order valence-electron chi connectivity index (χ4n) is 1.49. The molecule has 2 aromatic carbocycles. The Morgan fingerprint density at radius 1 is 1.06 bits per heavy atom. The average Bonchev–Trinajstić information content (AvgIpc) is 2.28. The second-order valence-electron chi connectivity index (χ2n) is 3.44. The largest absolute Gasteiger partial charge is 0.288 e. The zero-order valence-corrected chi connectivity index (χ0v) is 10.2. The first-order chi connectivity index (χ1) is 8.09. The zero-order valence-electron chi connectivity index (χ0n) is 8.58. The molecule has 0 spiro atoms. The third-order valence-corrected chi connectivity index (χ3v) is 2.94. The highest BCUT2D eigenvalue weighted by Crippen LogP contribution is 2.23. The van der Waals surface area contributed by atoms with Gasteiger partial charge < -0.3 is 0 Å². The van der Waals surface area contributed by atoms with Crippen LogP contribution in [0.2, 0.25) is 0 Å². The van der Waals surface area contributed by atoms with E-state index in [0.717, 1.165) is 6.07 Å². The Balaban J connectivity index is 2.51. The summed E-state index contributed by atoms with van der Waals surface area (Å²) < 4.78 is 26.9. The molecule has 2 aromatic rings. The predicted octanol–water partition coefficient (Wildman–Crippen LogP) is 3.96. The zero-order chi connectivity index (χ0) is 12.4. The van der Waals surface area contributed by atoms with E-state index in [1.165, 1.54) is 30.3 Å². The van der Waals surface area contributed by atoms with Crippen molar-refractivity contribution in [1.29, 1.82) is 0 Å². The molecular formula is C13H7BrF2O. The normalized spacial score (nSPS) is 10.3. The molecule has 0 heterocycles. The number of halogens is 3. The number of rotatable bonds is 2. The van der Waals surface area contributed by atoms with Crippen molar-refractivity contribution < 1.29 is 13.6 Å². The fraction of sp³-hybridized carbons (Fsp3) is 0. The summed E-state index contributed by atoms with van der Waals surface area (Å²) in [5.74, 6) is -1.70. The maximum atomic E-state index is 13.5. The van der Waals surface area contributed by atoms with Gasteiger partial charge in [0, 0.05) is 10.0 Å². The van der Waals surface area contributed by atoms with E-state index < -0.39 is 17.4 Å². The monoisotopic (exact) mass is 296 g/mol. The lowest BCUT2D eigenvalue weighted by Gasteiger charge is -2.05. The van der Waals surface area contributed by atoms with Gasteiger partial charge in [0.25, 0.3) is 0 Å². The van der Waals surface area contributed by atoms with Crippen LogP contribution in [0.15, 0.2) is 46.9 Å². The quantitative estimate of drug-likeness (QED) is 0.767. The Kier molecular flexibility index (Phi) is 3.33. The van der Waals surface area contributed by atoms with Crippen molar-refractivity contribution in [2.45, 2.75) is 0 Å². The van der Waals surface area contributed by atoms with E-state index in [1.54, 1.807) is 6.07 Å². The van der Waals surface area contributed by atoms with E-state index >= 15 is 0 Å². The lowest BCUT2D eigenvalue weighted by molar-refractivity contribution is 0.103. The predicted molar refractivity (Wildman–Crippen MR) is 63.9 cm³/mol. The average molecular weight is 297 g/mol. The minimum atomic E-state index is -0.631. The summed E-state index contributed by atoms with van der Waals surface area (Å²) in [5.41, 5.74) is 0.0360. The van der Waals surface area contributed by atoms with Gasteiger partial charge in [-0.05, 0) is 40.2 Å². The van der Waals surface area contributed by atoms with E-state index in [2.05, 4.69) is 15.9 Å². The van der Waals surface area contributed by atoms with Gasteiger partial charge in [0.15, 0.2) is 5.78 Å². The van der Waals surface area contributed by atoms with Crippen molar-refractivity contribution in [1.82, 2.24) is 0 Å². The summed E-state index contributed by atoms with van der Waals surface area (Å²) >= 11 is 3.11. The molecule has 86 valence electrons. The number of hydrogen-bond acceptors (Lipinski definition) is 1. The molecule has 0 aliphatic heterocycles. The highest BCUT2D eigenvalue weighted by Gasteiger charge is 2.17. The van der Waals surface area contributed by atoms with Crippen molar-refractivity contribution in [2.75, 3.05) is 0 Å². The van der Waals surface area contributed by atoms with Crippen LogP contribution in [0.5, 0.6) is 0 Å². The van der Waals surface area contributed by atoms with Crippen LogP contribution in [-0.4, -0.2) is 5.78 Å². The molecule has 0 atom stereocenters. The van der Waals surface area contributed by atoms with Gasteiger partial charge in [-0.1, -0.05) is 18.2 Å². The Bertz CT molecular complexity index is 561. The lowest BCUT2D eigenvalue weighted by Crippen LogP contribution is -2.05.